The molecule has 5 rings (SSSR count). The van der Waals surface area contributed by atoms with Crippen LogP contribution in [0.3, 0.4) is 0 Å². The molecular weight excluding hydrogens is 405 g/mol. The van der Waals surface area contributed by atoms with Crippen LogP contribution in [0.25, 0.3) is 21.9 Å². The van der Waals surface area contributed by atoms with E-state index < -0.39 is 5.95 Å². The minimum Gasteiger partial charge on any atom is -0.378 e. The summed E-state index contributed by atoms with van der Waals surface area (Å²) in [5.74, 6) is -0.946. The number of halogens is 1. The van der Waals surface area contributed by atoms with Gasteiger partial charge in [-0.15, -0.1) is 0 Å². The first-order chi connectivity index (χ1) is 15.6. The first kappa shape index (κ1) is 19.6. The molecule has 0 radical (unpaired) electrons. The molecule has 0 unspecified atom stereocenters. The Labute approximate surface area is 184 Å². The molecule has 0 saturated carbocycles. The van der Waals surface area contributed by atoms with Crippen LogP contribution in [0.4, 0.5) is 10.1 Å². The third kappa shape index (κ3) is 3.74. The Morgan fingerprint density at radius 1 is 1.09 bits per heavy atom. The number of hydrogen-bond donors (Lipinski definition) is 1. The summed E-state index contributed by atoms with van der Waals surface area (Å²) < 4.78 is 13.3. The molecule has 2 aromatic carbocycles. The lowest BCUT2D eigenvalue weighted by molar-refractivity contribution is 0.0618. The Balaban J connectivity index is 1.39. The Morgan fingerprint density at radius 3 is 2.75 bits per heavy atom. The largest absolute Gasteiger partial charge is 0.378 e. The van der Waals surface area contributed by atoms with E-state index in [9.17, 15) is 14.4 Å². The average Bonchev–Trinajstić information content (AvgIpc) is 2.80. The molecule has 2 aromatic heterocycles. The van der Waals surface area contributed by atoms with Gasteiger partial charge in [0.2, 0.25) is 5.95 Å². The number of fused-ring (bicyclic) bond motifs is 1. The van der Waals surface area contributed by atoms with Gasteiger partial charge < -0.3 is 10.2 Å². The van der Waals surface area contributed by atoms with Crippen molar-refractivity contribution in [1.82, 2.24) is 14.9 Å². The van der Waals surface area contributed by atoms with Crippen LogP contribution in [-0.2, 0) is 0 Å². The van der Waals surface area contributed by atoms with Gasteiger partial charge in [0.25, 0.3) is 5.91 Å². The van der Waals surface area contributed by atoms with E-state index in [1.807, 2.05) is 36.5 Å². The summed E-state index contributed by atoms with van der Waals surface area (Å²) in [5, 5.41) is 14.7. The van der Waals surface area contributed by atoms with Crippen molar-refractivity contribution in [3.63, 3.8) is 0 Å². The van der Waals surface area contributed by atoms with Crippen LogP contribution in [0.5, 0.6) is 0 Å². The zero-order valence-electron chi connectivity index (χ0n) is 17.0. The normalized spacial score (nSPS) is 13.4. The van der Waals surface area contributed by atoms with Crippen molar-refractivity contribution in [2.45, 2.75) is 6.04 Å². The Morgan fingerprint density at radius 2 is 1.94 bits per heavy atom. The van der Waals surface area contributed by atoms with Crippen molar-refractivity contribution in [1.29, 1.82) is 5.26 Å². The van der Waals surface area contributed by atoms with Crippen molar-refractivity contribution >= 4 is 22.4 Å². The number of hydrogen-bond acceptors (Lipinski definition) is 5. The number of nitrogens with zero attached hydrogens (tertiary/aromatic N) is 4. The third-order valence-corrected chi connectivity index (χ3v) is 5.54. The van der Waals surface area contributed by atoms with E-state index in [1.165, 1.54) is 18.2 Å². The monoisotopic (exact) mass is 423 g/mol. The van der Waals surface area contributed by atoms with Gasteiger partial charge in [-0.3, -0.25) is 9.78 Å². The molecule has 0 aliphatic carbocycles. The average molecular weight is 423 g/mol. The Bertz CT molecular complexity index is 1370. The molecule has 32 heavy (non-hydrogen) atoms. The quantitative estimate of drug-likeness (QED) is 0.497. The van der Waals surface area contributed by atoms with E-state index in [-0.39, 0.29) is 17.6 Å². The number of carbonyl (C=O) groups is 1. The highest BCUT2D eigenvalue weighted by Crippen LogP contribution is 2.32. The summed E-state index contributed by atoms with van der Waals surface area (Å²) in [4.78, 5) is 22.1. The van der Waals surface area contributed by atoms with Gasteiger partial charge in [0.15, 0.2) is 0 Å². The van der Waals surface area contributed by atoms with Crippen LogP contribution >= 0.6 is 0 Å². The van der Waals surface area contributed by atoms with Gasteiger partial charge in [-0.2, -0.15) is 9.65 Å². The maximum Gasteiger partial charge on any atom is 0.272 e. The smallest absolute Gasteiger partial charge is 0.272 e. The maximum absolute atomic E-state index is 13.3. The molecule has 0 atom stereocenters. The van der Waals surface area contributed by atoms with Crippen molar-refractivity contribution in [3.8, 4) is 17.2 Å². The molecule has 3 heterocycles. The van der Waals surface area contributed by atoms with E-state index in [0.29, 0.717) is 18.7 Å². The number of amides is 1. The van der Waals surface area contributed by atoms with E-state index in [2.05, 4.69) is 27.4 Å². The molecular formula is C25H18FN5O. The van der Waals surface area contributed by atoms with E-state index in [0.717, 1.165) is 27.6 Å². The molecule has 0 spiro atoms. The molecule has 1 fully saturated rings. The number of aromatic nitrogens is 2. The highest BCUT2D eigenvalue weighted by atomic mass is 19.1. The molecule has 6 nitrogen and oxygen atoms in total. The topological polar surface area (TPSA) is 81.9 Å². The lowest BCUT2D eigenvalue weighted by Crippen LogP contribution is -2.57. The molecule has 4 aromatic rings. The fourth-order valence-electron chi connectivity index (χ4n) is 3.90. The van der Waals surface area contributed by atoms with Crippen LogP contribution in [0, 0.1) is 17.3 Å². The van der Waals surface area contributed by atoms with Crippen molar-refractivity contribution < 1.29 is 9.18 Å². The minimum atomic E-state index is -0.665. The fourth-order valence-corrected chi connectivity index (χ4v) is 3.90. The molecule has 1 amide bonds. The zero-order valence-corrected chi connectivity index (χ0v) is 17.0. The van der Waals surface area contributed by atoms with Crippen LogP contribution in [0.1, 0.15) is 16.1 Å². The predicted octanol–water partition coefficient (Wildman–Crippen LogP) is 4.24. The van der Waals surface area contributed by atoms with Gasteiger partial charge in [-0.05, 0) is 59.0 Å². The Hall–Kier alpha value is -4.31. The predicted molar refractivity (Wildman–Crippen MR) is 119 cm³/mol. The van der Waals surface area contributed by atoms with Crippen molar-refractivity contribution in [2.24, 2.45) is 0 Å². The summed E-state index contributed by atoms with van der Waals surface area (Å²) in [6, 6.07) is 20.0. The summed E-state index contributed by atoms with van der Waals surface area (Å²) in [6.45, 7) is 0.986. The van der Waals surface area contributed by atoms with Gasteiger partial charge in [-0.1, -0.05) is 18.2 Å². The number of likely N-dealkylation sites (tertiary alicyclic amines) is 1. The lowest BCUT2D eigenvalue weighted by atomic mass is 9.98. The number of benzene rings is 2. The van der Waals surface area contributed by atoms with E-state index >= 15 is 0 Å². The van der Waals surface area contributed by atoms with Crippen LogP contribution in [-0.4, -0.2) is 39.9 Å². The number of pyridine rings is 2. The molecule has 156 valence electrons. The number of nitrogens with one attached hydrogen (secondary N) is 1. The summed E-state index contributed by atoms with van der Waals surface area (Å²) in [5.41, 5.74) is 3.56. The fraction of sp³-hybridized carbons (Fsp3) is 0.120. The molecule has 1 aliphatic heterocycles. The van der Waals surface area contributed by atoms with E-state index in [1.54, 1.807) is 17.2 Å². The minimum absolute atomic E-state index is 0.0524. The number of anilines is 1. The van der Waals surface area contributed by atoms with Crippen LogP contribution < -0.4 is 5.32 Å². The number of nitriles is 1. The Kier molecular flexibility index (Phi) is 4.96. The molecule has 1 saturated heterocycles. The second-order valence-electron chi connectivity index (χ2n) is 7.71. The van der Waals surface area contributed by atoms with Crippen LogP contribution in [0.2, 0.25) is 0 Å². The second-order valence-corrected chi connectivity index (χ2v) is 7.71. The first-order valence-electron chi connectivity index (χ1n) is 10.2. The summed E-state index contributed by atoms with van der Waals surface area (Å²) in [7, 11) is 0. The van der Waals surface area contributed by atoms with Crippen molar-refractivity contribution in [2.75, 3.05) is 18.4 Å². The van der Waals surface area contributed by atoms with Gasteiger partial charge in [-0.25, -0.2) is 4.98 Å². The SMILES string of the molecule is N#Cc1cccc(-c2cc(NC3CN(C(=O)c4cccc(F)n4)C3)c3cnccc3c2)c1. The molecule has 1 aliphatic rings. The molecule has 0 bridgehead atoms. The summed E-state index contributed by atoms with van der Waals surface area (Å²) in [6.07, 6.45) is 3.56. The lowest BCUT2D eigenvalue weighted by Gasteiger charge is -2.40. The number of carbonyl (C=O) groups excluding carboxylic acids is 1. The van der Waals surface area contributed by atoms with Gasteiger partial charge >= 0.3 is 0 Å². The zero-order chi connectivity index (χ0) is 22.1. The highest BCUT2D eigenvalue weighted by Gasteiger charge is 2.32. The highest BCUT2D eigenvalue weighted by molar-refractivity contribution is 5.97. The molecule has 1 N–H and O–H groups in total. The van der Waals surface area contributed by atoms with Crippen LogP contribution in [0.15, 0.2) is 73.1 Å². The number of rotatable bonds is 4. The van der Waals surface area contributed by atoms with Gasteiger partial charge in [0.05, 0.1) is 17.7 Å². The van der Waals surface area contributed by atoms with Gasteiger partial charge in [0, 0.05) is 36.6 Å². The van der Waals surface area contributed by atoms with E-state index in [4.69, 9.17) is 0 Å². The second kappa shape index (κ2) is 8.08. The first-order valence-corrected chi connectivity index (χ1v) is 10.2. The molecule has 7 heteroatoms. The third-order valence-electron chi connectivity index (χ3n) is 5.54. The standard InChI is InChI=1S/C25H18FN5O/c26-24-6-2-5-22(30-24)25(32)31-14-20(15-31)29-23-11-19(10-18-7-8-28-13-21(18)23)17-4-1-3-16(9-17)12-27/h1-11,13,20,29H,14-15H2. The van der Waals surface area contributed by atoms with Gasteiger partial charge in [0.1, 0.15) is 5.69 Å². The summed E-state index contributed by atoms with van der Waals surface area (Å²) >= 11 is 0. The maximum atomic E-state index is 13.3. The van der Waals surface area contributed by atoms with Crippen molar-refractivity contribution in [3.05, 3.63) is 90.3 Å².